The first-order valence-electron chi connectivity index (χ1n) is 5.01. The van der Waals surface area contributed by atoms with Gasteiger partial charge in [0.1, 0.15) is 5.54 Å². The van der Waals surface area contributed by atoms with Gasteiger partial charge in [-0.1, -0.05) is 6.07 Å². The van der Waals surface area contributed by atoms with Crippen molar-refractivity contribution in [3.8, 4) is 0 Å². The number of benzene rings is 1. The number of hydrogen-bond acceptors (Lipinski definition) is 3. The molecule has 0 aliphatic carbocycles. The molecule has 0 spiro atoms. The first kappa shape index (κ1) is 14.4. The third-order valence-electron chi connectivity index (χ3n) is 2.53. The van der Waals surface area contributed by atoms with Gasteiger partial charge in [-0.25, -0.2) is 9.98 Å². The Balaban J connectivity index is 0.00000162. The molecular formula is C11H13N3O3S. The number of carboxylic acids is 1. The number of thiocarbonyl (C=S) groups is 1. The Labute approximate surface area is 108 Å². The van der Waals surface area contributed by atoms with Crippen LogP contribution in [0.1, 0.15) is 12.5 Å². The van der Waals surface area contributed by atoms with Crippen molar-refractivity contribution in [2.24, 2.45) is 15.7 Å². The van der Waals surface area contributed by atoms with Crippen LogP contribution in [-0.4, -0.2) is 27.2 Å². The summed E-state index contributed by atoms with van der Waals surface area (Å²) in [5.41, 5.74) is 5.20. The number of hydrogen-bond donors (Lipinski definition) is 2. The summed E-state index contributed by atoms with van der Waals surface area (Å²) in [5.74, 6) is -1.03. The van der Waals surface area contributed by atoms with Crippen molar-refractivity contribution in [1.29, 1.82) is 0 Å². The van der Waals surface area contributed by atoms with Crippen LogP contribution >= 0.6 is 12.2 Å². The van der Waals surface area contributed by atoms with Crippen molar-refractivity contribution >= 4 is 23.3 Å². The molecule has 6 nitrogen and oxygen atoms in total. The molecule has 0 amide bonds. The molecule has 0 aromatic heterocycles. The molecule has 0 fully saturated rings. The van der Waals surface area contributed by atoms with Gasteiger partial charge in [0, 0.05) is 6.42 Å². The van der Waals surface area contributed by atoms with Gasteiger partial charge in [-0.15, -0.1) is 0 Å². The van der Waals surface area contributed by atoms with Gasteiger partial charge < -0.3 is 16.3 Å². The topological polar surface area (TPSA) is 120 Å². The zero-order chi connectivity index (χ0) is 12.6. The highest BCUT2D eigenvalue weighted by atomic mass is 32.1. The maximum absolute atomic E-state index is 10.9. The van der Waals surface area contributed by atoms with E-state index in [1.165, 1.54) is 6.92 Å². The van der Waals surface area contributed by atoms with Crippen LogP contribution in [0.15, 0.2) is 28.2 Å². The normalized spacial score (nSPS) is 15.8. The van der Waals surface area contributed by atoms with Crippen molar-refractivity contribution in [2.45, 2.75) is 18.9 Å². The van der Waals surface area contributed by atoms with Crippen LogP contribution in [0.25, 0.3) is 0 Å². The smallest absolute Gasteiger partial charge is 0.323 e. The molecule has 1 heterocycles. The van der Waals surface area contributed by atoms with E-state index in [-0.39, 0.29) is 11.9 Å². The Morgan fingerprint density at radius 1 is 1.44 bits per heavy atom. The van der Waals surface area contributed by atoms with Gasteiger partial charge in [-0.2, -0.15) is 0 Å². The summed E-state index contributed by atoms with van der Waals surface area (Å²) in [6.07, 6.45) is 0.234. The molecule has 0 radical (unpaired) electrons. The predicted octanol–water partition coefficient (Wildman–Crippen LogP) is -1.26. The van der Waals surface area contributed by atoms with Gasteiger partial charge in [0.2, 0.25) is 5.11 Å². The predicted molar refractivity (Wildman–Crippen MR) is 68.9 cm³/mol. The second-order valence-electron chi connectivity index (χ2n) is 4.23. The van der Waals surface area contributed by atoms with Crippen molar-refractivity contribution in [1.82, 2.24) is 0 Å². The molecule has 5 N–H and O–H groups in total. The minimum Gasteiger partial charge on any atom is -0.480 e. The Hall–Kier alpha value is -1.70. The van der Waals surface area contributed by atoms with E-state index in [0.717, 1.165) is 5.56 Å². The molecule has 2 rings (SSSR count). The molecule has 0 saturated heterocycles. The van der Waals surface area contributed by atoms with Gasteiger partial charge in [0.15, 0.2) is 0 Å². The van der Waals surface area contributed by atoms with Crippen LogP contribution in [0.4, 0.5) is 0 Å². The largest absolute Gasteiger partial charge is 0.480 e. The molecule has 18 heavy (non-hydrogen) atoms. The third kappa shape index (κ3) is 2.76. The summed E-state index contributed by atoms with van der Waals surface area (Å²) in [6.45, 7) is 1.48. The highest BCUT2D eigenvalue weighted by Gasteiger charge is 2.28. The number of carboxylic acid groups (broad SMARTS) is 1. The van der Waals surface area contributed by atoms with E-state index in [0.29, 0.717) is 15.8 Å². The quantitative estimate of drug-likeness (QED) is 0.664. The monoisotopic (exact) mass is 267 g/mol. The molecule has 1 atom stereocenters. The minimum atomic E-state index is -1.29. The van der Waals surface area contributed by atoms with E-state index in [1.807, 2.05) is 0 Å². The molecule has 0 bridgehead atoms. The lowest BCUT2D eigenvalue weighted by molar-refractivity contribution is -0.142. The Bertz CT molecular complexity index is 625. The lowest BCUT2D eigenvalue weighted by atomic mass is 9.94. The van der Waals surface area contributed by atoms with Crippen LogP contribution in [0.2, 0.25) is 0 Å². The lowest BCUT2D eigenvalue weighted by Crippen LogP contribution is -2.47. The van der Waals surface area contributed by atoms with E-state index in [1.54, 1.807) is 18.2 Å². The van der Waals surface area contributed by atoms with Crippen LogP contribution in [0.5, 0.6) is 0 Å². The van der Waals surface area contributed by atoms with Gasteiger partial charge in [-0.3, -0.25) is 4.79 Å². The number of aliphatic carboxylic acids is 1. The molecule has 1 aliphatic heterocycles. The third-order valence-corrected chi connectivity index (χ3v) is 2.71. The van der Waals surface area contributed by atoms with E-state index in [4.69, 9.17) is 23.1 Å². The van der Waals surface area contributed by atoms with E-state index in [2.05, 4.69) is 9.98 Å². The Kier molecular flexibility index (Phi) is 3.90. The van der Waals surface area contributed by atoms with E-state index < -0.39 is 11.5 Å². The lowest BCUT2D eigenvalue weighted by Gasteiger charge is -2.18. The van der Waals surface area contributed by atoms with E-state index in [9.17, 15) is 4.79 Å². The number of nitrogens with zero attached hydrogens (tertiary/aromatic N) is 2. The maximum atomic E-state index is 10.9. The second kappa shape index (κ2) is 4.89. The van der Waals surface area contributed by atoms with Crippen LogP contribution in [-0.2, 0) is 11.2 Å². The second-order valence-corrected chi connectivity index (χ2v) is 4.59. The highest BCUT2D eigenvalue weighted by Crippen LogP contribution is 2.08. The average Bonchev–Trinajstić information content (AvgIpc) is 2.56. The standard InChI is InChI=1S/C11H11N3O2S.H2O/c1-11(12,9(15)16)5-6-2-3-7-8(4-6)14-10(17)13-7;/h2-4H,5,12H2,1H3,(H,15,16);1H2/t11-;/m0./s1. The molecule has 7 heteroatoms. The van der Waals surface area contributed by atoms with Gasteiger partial charge >= 0.3 is 5.97 Å². The molecule has 96 valence electrons. The number of rotatable bonds is 3. The van der Waals surface area contributed by atoms with Gasteiger partial charge in [0.05, 0.1) is 10.7 Å². The van der Waals surface area contributed by atoms with Crippen molar-refractivity contribution in [2.75, 3.05) is 0 Å². The van der Waals surface area contributed by atoms with Crippen LogP contribution < -0.4 is 16.4 Å². The summed E-state index contributed by atoms with van der Waals surface area (Å²) in [6, 6.07) is 5.33. The van der Waals surface area contributed by atoms with E-state index >= 15 is 0 Å². The average molecular weight is 267 g/mol. The van der Waals surface area contributed by atoms with Gasteiger partial charge in [-0.05, 0) is 36.8 Å². The van der Waals surface area contributed by atoms with Gasteiger partial charge in [0.25, 0.3) is 0 Å². The molecule has 0 unspecified atom stereocenters. The molecule has 1 aliphatic rings. The number of nitrogens with two attached hydrogens (primary N) is 1. The minimum absolute atomic E-state index is 0. The fourth-order valence-electron chi connectivity index (χ4n) is 1.59. The summed E-state index contributed by atoms with van der Waals surface area (Å²) >= 11 is 4.87. The first-order valence-corrected chi connectivity index (χ1v) is 5.42. The Morgan fingerprint density at radius 3 is 2.67 bits per heavy atom. The van der Waals surface area contributed by atoms with Crippen molar-refractivity contribution in [3.63, 3.8) is 0 Å². The summed E-state index contributed by atoms with van der Waals surface area (Å²) in [7, 11) is 0. The van der Waals surface area contributed by atoms with Crippen molar-refractivity contribution in [3.05, 3.63) is 34.5 Å². The van der Waals surface area contributed by atoms with Crippen LogP contribution in [0, 0.1) is 0 Å². The number of carbonyl (C=O) groups is 1. The fourth-order valence-corrected chi connectivity index (χ4v) is 1.79. The zero-order valence-electron chi connectivity index (χ0n) is 9.67. The molecule has 1 aromatic rings. The van der Waals surface area contributed by atoms with Crippen molar-refractivity contribution < 1.29 is 15.4 Å². The highest BCUT2D eigenvalue weighted by molar-refractivity contribution is 7.80. The summed E-state index contributed by atoms with van der Waals surface area (Å²) in [5, 5.41) is 10.6. The molecule has 1 aromatic carbocycles. The Morgan fingerprint density at radius 2 is 2.06 bits per heavy atom. The maximum Gasteiger partial charge on any atom is 0.323 e. The zero-order valence-corrected chi connectivity index (χ0v) is 10.5. The summed E-state index contributed by atoms with van der Waals surface area (Å²) in [4.78, 5) is 19.0. The summed E-state index contributed by atoms with van der Waals surface area (Å²) < 4.78 is 0. The van der Waals surface area contributed by atoms with Crippen LogP contribution in [0.3, 0.4) is 0 Å². The first-order chi connectivity index (χ1) is 7.88. The molecular weight excluding hydrogens is 254 g/mol. The molecule has 0 saturated carbocycles. The fraction of sp³-hybridized carbons (Fsp3) is 0.273. The SMILES string of the molecule is C[C@](N)(Cc1ccc2c(c1)=NC(=S)N=2)C(=O)O.O. The number of fused-ring (bicyclic) bond motifs is 1.